The molecule has 2 aliphatic rings. The van der Waals surface area contributed by atoms with E-state index in [1.807, 2.05) is 139 Å². The van der Waals surface area contributed by atoms with Crippen LogP contribution in [-0.4, -0.2) is 114 Å². The van der Waals surface area contributed by atoms with Crippen LogP contribution in [0.15, 0.2) is 56.1 Å². The van der Waals surface area contributed by atoms with Gasteiger partial charge in [-0.15, -0.1) is 50.1 Å². The van der Waals surface area contributed by atoms with Crippen molar-refractivity contribution in [1.82, 2.24) is 24.5 Å². The number of likely N-dealkylation sites (tertiary alicyclic amines) is 2. The molecule has 6 aromatic heterocycles. The number of anilines is 2. The molecule has 0 spiro atoms. The molecule has 1 N–H and O–H groups in total. The van der Waals surface area contributed by atoms with E-state index in [1.54, 1.807) is 43.1 Å². The molecule has 26 heteroatoms. The van der Waals surface area contributed by atoms with Crippen LogP contribution in [0.3, 0.4) is 0 Å². The summed E-state index contributed by atoms with van der Waals surface area (Å²) in [4.78, 5) is 85.8. The van der Waals surface area contributed by atoms with Crippen LogP contribution in [0.2, 0.25) is 10.3 Å². The molecule has 0 aliphatic carbocycles. The third kappa shape index (κ3) is 18.6. The molecule has 8 heterocycles. The van der Waals surface area contributed by atoms with Gasteiger partial charge in [-0.2, -0.15) is 0 Å². The monoisotopic (exact) mass is 1440 g/mol. The molecule has 0 bridgehead atoms. The quantitative estimate of drug-likeness (QED) is 0.0773. The van der Waals surface area contributed by atoms with E-state index in [0.29, 0.717) is 85.4 Å². The molecule has 6 aromatic rings. The summed E-state index contributed by atoms with van der Waals surface area (Å²) in [6.07, 6.45) is 0.0385. The Morgan fingerprint density at radius 3 is 1.50 bits per heavy atom. The minimum atomic E-state index is -1.35. The highest BCUT2D eigenvalue weighted by atomic mass is 79.9. The molecule has 0 saturated carbocycles. The zero-order valence-electron chi connectivity index (χ0n) is 51.2. The normalized spacial score (nSPS) is 17.8. The van der Waals surface area contributed by atoms with Crippen LogP contribution >= 0.6 is 100 Å². The van der Waals surface area contributed by atoms with Crippen molar-refractivity contribution in [2.75, 3.05) is 36.0 Å². The molecule has 0 aromatic carbocycles. The predicted octanol–water partition coefficient (Wildman–Crippen LogP) is 17.6. The number of thiophene rings is 4. The van der Waals surface area contributed by atoms with Crippen LogP contribution < -0.4 is 14.5 Å². The topological polar surface area (TPSA) is 196 Å². The smallest absolute Gasteiger partial charge is 0.415 e. The van der Waals surface area contributed by atoms with Gasteiger partial charge in [0.15, 0.2) is 0 Å². The van der Waals surface area contributed by atoms with Crippen LogP contribution in [0.25, 0.3) is 20.4 Å². The Balaban J connectivity index is 0.000000248. The average molecular weight is 1450 g/mol. The fourth-order valence-electron chi connectivity index (χ4n) is 9.28. The Labute approximate surface area is 550 Å². The van der Waals surface area contributed by atoms with Crippen LogP contribution in [-0.2, 0) is 48.2 Å². The SMILES string of the molecule is CC(C)(C)OC(=O)N1CCC(=O)C(c2sc3c(N(Cc4cccs4)C(=O)OC(C)(C)C)cc(Cl)nc3c2Br)CC1.CC(C)(C)OC(=O)N1CCC(N[S+]([O-])C(C)(C)C)C(c2sc3c(N(Cc4cccs4)C(=O)OC(C)(C)C)cc(Cl)nc3c2Br)CC1. The van der Waals surface area contributed by atoms with Crippen LogP contribution in [0, 0.1) is 0 Å². The second kappa shape index (κ2) is 28.1. The van der Waals surface area contributed by atoms with Crippen LogP contribution in [0.1, 0.15) is 161 Å². The second-order valence-corrected chi connectivity index (χ2v) is 34.4. The van der Waals surface area contributed by atoms with Crippen molar-refractivity contribution in [3.05, 3.63) is 85.9 Å². The van der Waals surface area contributed by atoms with Crippen molar-refractivity contribution in [3.8, 4) is 0 Å². The van der Waals surface area contributed by atoms with Crippen molar-refractivity contribution >= 4 is 174 Å². The lowest BCUT2D eigenvalue weighted by molar-refractivity contribution is -0.120. The molecule has 4 atom stereocenters. The van der Waals surface area contributed by atoms with Gasteiger partial charge in [0.05, 0.1) is 65.8 Å². The third-order valence-electron chi connectivity index (χ3n) is 13.1. The first-order chi connectivity index (χ1) is 39.9. The van der Waals surface area contributed by atoms with E-state index in [9.17, 15) is 28.5 Å². The Bertz CT molecular complexity index is 3390. The number of carbonyl (C=O) groups excluding carboxylic acids is 5. The molecule has 86 heavy (non-hydrogen) atoms. The third-order valence-corrected chi connectivity index (χ3v) is 21.6. The second-order valence-electron chi connectivity index (χ2n) is 25.9. The Hall–Kier alpha value is -3.82. The number of aromatic nitrogens is 2. The van der Waals surface area contributed by atoms with E-state index >= 15 is 0 Å². The zero-order chi connectivity index (χ0) is 63.6. The zero-order valence-corrected chi connectivity index (χ0v) is 60.0. The lowest BCUT2D eigenvalue weighted by Crippen LogP contribution is -2.47. The number of rotatable bonds is 10. The number of Topliss-reactive ketones (excluding diaryl/α,β-unsaturated/α-hetero) is 1. The lowest BCUT2D eigenvalue weighted by Gasteiger charge is -2.31. The molecule has 17 nitrogen and oxygen atoms in total. The molecular weight excluding hydrogens is 1370 g/mol. The van der Waals surface area contributed by atoms with Crippen molar-refractivity contribution in [3.63, 3.8) is 0 Å². The van der Waals surface area contributed by atoms with E-state index in [1.165, 1.54) is 34.0 Å². The number of pyridine rings is 2. The fraction of sp³-hybridized carbons (Fsp3) is 0.550. The van der Waals surface area contributed by atoms with Gasteiger partial charge in [0.2, 0.25) is 0 Å². The fourth-order valence-corrected chi connectivity index (χ4v) is 16.5. The highest BCUT2D eigenvalue weighted by Gasteiger charge is 2.40. The van der Waals surface area contributed by atoms with E-state index in [2.05, 4.69) is 46.5 Å². The van der Waals surface area contributed by atoms with Crippen LogP contribution in [0.4, 0.5) is 30.6 Å². The number of hydrogen-bond donors (Lipinski definition) is 1. The first-order valence-electron chi connectivity index (χ1n) is 28.2. The Kier molecular flexibility index (Phi) is 22.8. The van der Waals surface area contributed by atoms with Gasteiger partial charge in [-0.3, -0.25) is 14.6 Å². The number of carbonyl (C=O) groups is 5. The number of fused-ring (bicyclic) bond motifs is 2. The largest absolute Gasteiger partial charge is 0.598 e. The highest BCUT2D eigenvalue weighted by Crippen LogP contribution is 2.49. The van der Waals surface area contributed by atoms with Gasteiger partial charge in [0, 0.05) is 81.5 Å². The number of nitrogens with zero attached hydrogens (tertiary/aromatic N) is 6. The predicted molar refractivity (Wildman–Crippen MR) is 358 cm³/mol. The van der Waals surface area contributed by atoms with Gasteiger partial charge in [0.1, 0.15) is 43.2 Å². The van der Waals surface area contributed by atoms with Crippen LogP contribution in [0.5, 0.6) is 0 Å². The van der Waals surface area contributed by atoms with Crippen molar-refractivity contribution in [2.45, 2.75) is 188 Å². The molecule has 8 rings (SSSR count). The van der Waals surface area contributed by atoms with Gasteiger partial charge < -0.3 is 33.3 Å². The first-order valence-corrected chi connectivity index (χ1v) is 35.0. The Morgan fingerprint density at radius 1 is 0.651 bits per heavy atom. The van der Waals surface area contributed by atoms with Gasteiger partial charge in [-0.25, -0.2) is 29.1 Å². The van der Waals surface area contributed by atoms with E-state index in [0.717, 1.165) is 33.4 Å². The number of amides is 4. The minimum Gasteiger partial charge on any atom is -0.598 e. The molecule has 0 radical (unpaired) electrons. The maximum Gasteiger partial charge on any atom is 0.415 e. The molecule has 4 unspecified atom stereocenters. The van der Waals surface area contributed by atoms with Gasteiger partial charge in [-0.05, 0) is 178 Å². The van der Waals surface area contributed by atoms with Gasteiger partial charge >= 0.3 is 24.4 Å². The van der Waals surface area contributed by atoms with E-state index in [-0.39, 0.29) is 40.6 Å². The molecule has 2 aliphatic heterocycles. The number of ether oxygens (including phenoxy) is 4. The van der Waals surface area contributed by atoms with Gasteiger partial charge in [-0.1, -0.05) is 35.3 Å². The summed E-state index contributed by atoms with van der Waals surface area (Å²) in [6, 6.07) is 11.0. The van der Waals surface area contributed by atoms with E-state index < -0.39 is 62.7 Å². The summed E-state index contributed by atoms with van der Waals surface area (Å²) in [6.45, 7) is 30.0. The number of halogens is 4. The number of hydrogen-bond acceptors (Lipinski definition) is 17. The summed E-state index contributed by atoms with van der Waals surface area (Å²) in [7, 11) is 0. The minimum absolute atomic E-state index is 0.0357. The van der Waals surface area contributed by atoms with Crippen molar-refractivity contribution in [1.29, 1.82) is 0 Å². The summed E-state index contributed by atoms with van der Waals surface area (Å²) < 4.78 is 42.1. The maximum atomic E-state index is 13.7. The maximum absolute atomic E-state index is 13.7. The highest BCUT2D eigenvalue weighted by molar-refractivity contribution is 9.11. The van der Waals surface area contributed by atoms with Gasteiger partial charge in [0.25, 0.3) is 0 Å². The molecular formula is C60H77Br2Cl2N7O10S5. The lowest BCUT2D eigenvalue weighted by atomic mass is 9.94. The van der Waals surface area contributed by atoms with E-state index in [4.69, 9.17) is 42.1 Å². The molecule has 2 fully saturated rings. The van der Waals surface area contributed by atoms with Crippen molar-refractivity contribution < 1.29 is 47.5 Å². The summed E-state index contributed by atoms with van der Waals surface area (Å²) >= 11 is 25.3. The number of nitrogens with one attached hydrogen (secondary N) is 1. The summed E-state index contributed by atoms with van der Waals surface area (Å²) in [5.41, 5.74) is -0.279. The summed E-state index contributed by atoms with van der Waals surface area (Å²) in [5.74, 6) is -0.542. The Morgan fingerprint density at radius 2 is 1.07 bits per heavy atom. The number of ketones is 1. The van der Waals surface area contributed by atoms with Crippen molar-refractivity contribution in [2.24, 2.45) is 0 Å². The standard InChI is InChI=1S/C32H44BrClN4O5S3.C28H33BrClN3O5S2/c1-30(2,3)42-28(39)37-14-12-20(21(13-15-37)36-46(41)32(7,8)9)26-24(33)25-27(45-26)22(17-23(34)35-25)38(18-19-11-10-16-44-19)29(40)43-31(4,5)6;1-27(2,3)37-25(35)32-11-9-17(19(34)10-12-32)23-21(29)22-24(40-23)18(14-20(30)31-22)33(15-16-8-7-13-39-16)26(36)38-28(4,5)6/h10-11,16-17,20-21,36H,12-15,18H2,1-9H3;7-8,13-14,17H,9-12,15H2,1-6H3. The molecule has 2 saturated heterocycles. The molecule has 470 valence electrons. The average Bonchev–Trinajstić information content (AvgIpc) is 1.68. The summed E-state index contributed by atoms with van der Waals surface area (Å²) in [5, 5.41) is 4.39. The first kappa shape index (κ1) is 69.7. The molecule has 4 amide bonds.